The number of carbonyl (C=O) groups excluding carboxylic acids is 1. The van der Waals surface area contributed by atoms with Crippen molar-refractivity contribution in [3.63, 3.8) is 0 Å². The zero-order valence-corrected chi connectivity index (χ0v) is 13.0. The first-order valence-corrected chi connectivity index (χ1v) is 7.36. The maximum atomic E-state index is 12.1. The molecule has 19 heavy (non-hydrogen) atoms. The van der Waals surface area contributed by atoms with Crippen molar-refractivity contribution < 1.29 is 9.53 Å². The summed E-state index contributed by atoms with van der Waals surface area (Å²) in [6.45, 7) is 0. The van der Waals surface area contributed by atoms with Crippen molar-refractivity contribution in [1.82, 2.24) is 9.78 Å². The number of methoxy groups -OCH3 is 1. The van der Waals surface area contributed by atoms with Crippen molar-refractivity contribution in [3.8, 4) is 5.75 Å². The second-order valence-corrected chi connectivity index (χ2v) is 5.81. The van der Waals surface area contributed by atoms with Crippen LogP contribution in [0.25, 0.3) is 0 Å². The van der Waals surface area contributed by atoms with E-state index in [9.17, 15) is 4.79 Å². The fourth-order valence-electron chi connectivity index (χ4n) is 1.55. The summed E-state index contributed by atoms with van der Waals surface area (Å²) in [6, 6.07) is 5.34. The Morgan fingerprint density at radius 2 is 2.32 bits per heavy atom. The second-order valence-electron chi connectivity index (χ2n) is 3.91. The van der Waals surface area contributed by atoms with Gasteiger partial charge >= 0.3 is 0 Å². The number of ether oxygens (including phenoxy) is 1. The zero-order valence-electron chi connectivity index (χ0n) is 10.6. The summed E-state index contributed by atoms with van der Waals surface area (Å²) in [5.74, 6) is 1.19. The lowest BCUT2D eigenvalue weighted by atomic mass is 10.1. The van der Waals surface area contributed by atoms with E-state index >= 15 is 0 Å². The van der Waals surface area contributed by atoms with Crippen LogP contribution in [0.2, 0.25) is 0 Å². The molecule has 0 fully saturated rings. The monoisotopic (exact) mass is 340 g/mol. The predicted molar refractivity (Wildman–Crippen MR) is 79.0 cm³/mol. The first kappa shape index (κ1) is 14.1. The summed E-state index contributed by atoms with van der Waals surface area (Å²) < 4.78 is 7.64. The second kappa shape index (κ2) is 6.25. The Kier molecular flexibility index (Phi) is 4.66. The Hall–Kier alpha value is -1.27. The van der Waals surface area contributed by atoms with Crippen LogP contribution in [0, 0.1) is 0 Å². The summed E-state index contributed by atoms with van der Waals surface area (Å²) in [6.07, 6.45) is 3.64. The lowest BCUT2D eigenvalue weighted by molar-refractivity contribution is 0.102. The van der Waals surface area contributed by atoms with Crippen LogP contribution in [0.3, 0.4) is 0 Å². The molecule has 0 aliphatic rings. The Morgan fingerprint density at radius 1 is 1.53 bits per heavy atom. The molecule has 1 aromatic carbocycles. The number of hydrogen-bond donors (Lipinski definition) is 0. The number of nitrogens with zero attached hydrogens (tertiary/aromatic N) is 2. The largest absolute Gasteiger partial charge is 0.496 e. The Labute approximate surface area is 124 Å². The van der Waals surface area contributed by atoms with Gasteiger partial charge in [-0.05, 0) is 34.1 Å². The fourth-order valence-corrected chi connectivity index (χ4v) is 2.90. The molecule has 100 valence electrons. The molecular formula is C13H13BrN2O2S. The smallest absolute Gasteiger partial charge is 0.173 e. The number of benzene rings is 1. The van der Waals surface area contributed by atoms with Gasteiger partial charge in [-0.1, -0.05) is 0 Å². The third-order valence-electron chi connectivity index (χ3n) is 2.52. The van der Waals surface area contributed by atoms with E-state index in [1.165, 1.54) is 11.8 Å². The van der Waals surface area contributed by atoms with Crippen LogP contribution >= 0.6 is 27.7 Å². The number of thioether (sulfide) groups is 1. The SMILES string of the molecule is COc1ccc(C(=O)CSc2cnn(C)c2)cc1Br. The Bertz CT molecular complexity index is 598. The molecule has 1 aromatic heterocycles. The van der Waals surface area contributed by atoms with Gasteiger partial charge in [0.1, 0.15) is 5.75 Å². The van der Waals surface area contributed by atoms with Gasteiger partial charge in [0, 0.05) is 23.7 Å². The topological polar surface area (TPSA) is 44.1 Å². The summed E-state index contributed by atoms with van der Waals surface area (Å²) in [4.78, 5) is 13.1. The van der Waals surface area contributed by atoms with Gasteiger partial charge in [0.2, 0.25) is 0 Å². The molecule has 4 nitrogen and oxygen atoms in total. The van der Waals surface area contributed by atoms with E-state index in [0.717, 1.165) is 15.1 Å². The number of Topliss-reactive ketones (excluding diaryl/α,β-unsaturated/α-hetero) is 1. The number of rotatable bonds is 5. The molecule has 2 aromatic rings. The highest BCUT2D eigenvalue weighted by Gasteiger charge is 2.10. The summed E-state index contributed by atoms with van der Waals surface area (Å²) in [5, 5.41) is 4.06. The van der Waals surface area contributed by atoms with E-state index in [2.05, 4.69) is 21.0 Å². The average molecular weight is 341 g/mol. The molecule has 1 heterocycles. The van der Waals surface area contributed by atoms with Crippen LogP contribution in [0.5, 0.6) is 5.75 Å². The highest BCUT2D eigenvalue weighted by molar-refractivity contribution is 9.10. The Balaban J connectivity index is 2.01. The van der Waals surface area contributed by atoms with Crippen molar-refractivity contribution in [1.29, 1.82) is 0 Å². The van der Waals surface area contributed by atoms with Crippen molar-refractivity contribution in [2.45, 2.75) is 4.90 Å². The van der Waals surface area contributed by atoms with Crippen LogP contribution in [-0.4, -0.2) is 28.4 Å². The number of aromatic nitrogens is 2. The molecule has 0 radical (unpaired) electrons. The number of hydrogen-bond acceptors (Lipinski definition) is 4. The third kappa shape index (κ3) is 3.61. The standard InChI is InChI=1S/C13H13BrN2O2S/c1-16-7-10(6-15-16)19-8-12(17)9-3-4-13(18-2)11(14)5-9/h3-7H,8H2,1-2H3. The molecule has 0 saturated carbocycles. The maximum Gasteiger partial charge on any atom is 0.173 e. The third-order valence-corrected chi connectivity index (χ3v) is 4.10. The lowest BCUT2D eigenvalue weighted by Crippen LogP contribution is -2.02. The minimum absolute atomic E-state index is 0.0807. The van der Waals surface area contributed by atoms with Crippen molar-refractivity contribution in [3.05, 3.63) is 40.6 Å². The molecule has 0 aliphatic carbocycles. The van der Waals surface area contributed by atoms with E-state index in [1.54, 1.807) is 36.2 Å². The average Bonchev–Trinajstić information content (AvgIpc) is 2.81. The zero-order chi connectivity index (χ0) is 13.8. The van der Waals surface area contributed by atoms with Crippen molar-refractivity contribution in [2.24, 2.45) is 7.05 Å². The molecule has 0 atom stereocenters. The molecule has 2 rings (SSSR count). The van der Waals surface area contributed by atoms with E-state index < -0.39 is 0 Å². The van der Waals surface area contributed by atoms with Gasteiger partial charge < -0.3 is 4.74 Å². The molecule has 0 spiro atoms. The highest BCUT2D eigenvalue weighted by atomic mass is 79.9. The molecule has 6 heteroatoms. The van der Waals surface area contributed by atoms with Gasteiger partial charge in [-0.2, -0.15) is 5.10 Å². The van der Waals surface area contributed by atoms with Gasteiger partial charge in [0.15, 0.2) is 5.78 Å². The van der Waals surface area contributed by atoms with Crippen LogP contribution in [0.4, 0.5) is 0 Å². The molecule has 0 bridgehead atoms. The molecule has 0 aliphatic heterocycles. The minimum atomic E-state index is 0.0807. The summed E-state index contributed by atoms with van der Waals surface area (Å²) in [5.41, 5.74) is 0.670. The van der Waals surface area contributed by atoms with Crippen LogP contribution < -0.4 is 4.74 Å². The number of carbonyl (C=O) groups is 1. The summed E-state index contributed by atoms with van der Waals surface area (Å²) >= 11 is 4.86. The number of aryl methyl sites for hydroxylation is 1. The first-order chi connectivity index (χ1) is 9.10. The molecule has 0 amide bonds. The van der Waals surface area contributed by atoms with E-state index in [0.29, 0.717) is 11.3 Å². The molecule has 0 unspecified atom stereocenters. The van der Waals surface area contributed by atoms with Crippen molar-refractivity contribution in [2.75, 3.05) is 12.9 Å². The lowest BCUT2D eigenvalue weighted by Gasteiger charge is -2.05. The fraction of sp³-hybridized carbons (Fsp3) is 0.231. The van der Waals surface area contributed by atoms with Gasteiger partial charge in [-0.15, -0.1) is 11.8 Å². The van der Waals surface area contributed by atoms with E-state index in [4.69, 9.17) is 4.74 Å². The molecular weight excluding hydrogens is 328 g/mol. The predicted octanol–water partition coefficient (Wildman–Crippen LogP) is 3.17. The number of halogens is 1. The molecule has 0 N–H and O–H groups in total. The normalized spacial score (nSPS) is 10.5. The molecule has 0 saturated heterocycles. The van der Waals surface area contributed by atoms with Gasteiger partial charge in [-0.3, -0.25) is 9.48 Å². The number of ketones is 1. The first-order valence-electron chi connectivity index (χ1n) is 5.58. The quantitative estimate of drug-likeness (QED) is 0.619. The Morgan fingerprint density at radius 3 is 2.89 bits per heavy atom. The van der Waals surface area contributed by atoms with Gasteiger partial charge in [0.05, 0.1) is 23.5 Å². The summed E-state index contributed by atoms with van der Waals surface area (Å²) in [7, 11) is 3.45. The van der Waals surface area contributed by atoms with Crippen LogP contribution in [0.1, 0.15) is 10.4 Å². The van der Waals surface area contributed by atoms with E-state index in [1.807, 2.05) is 13.2 Å². The van der Waals surface area contributed by atoms with Gasteiger partial charge in [0.25, 0.3) is 0 Å². The minimum Gasteiger partial charge on any atom is -0.496 e. The van der Waals surface area contributed by atoms with Gasteiger partial charge in [-0.25, -0.2) is 0 Å². The van der Waals surface area contributed by atoms with Crippen LogP contribution in [-0.2, 0) is 7.05 Å². The maximum absolute atomic E-state index is 12.1. The highest BCUT2D eigenvalue weighted by Crippen LogP contribution is 2.26. The van der Waals surface area contributed by atoms with Crippen LogP contribution in [0.15, 0.2) is 40.0 Å². The van der Waals surface area contributed by atoms with E-state index in [-0.39, 0.29) is 5.78 Å². The van der Waals surface area contributed by atoms with Crippen molar-refractivity contribution >= 4 is 33.5 Å².